The van der Waals surface area contributed by atoms with Crippen molar-refractivity contribution in [1.82, 2.24) is 20.4 Å². The molecule has 2 heterocycles. The van der Waals surface area contributed by atoms with Gasteiger partial charge in [-0.15, -0.1) is 0 Å². The molecule has 0 radical (unpaired) electrons. The van der Waals surface area contributed by atoms with Gasteiger partial charge in [-0.3, -0.25) is 0 Å². The summed E-state index contributed by atoms with van der Waals surface area (Å²) in [4.78, 5) is 7.32. The molecule has 1 unspecified atom stereocenters. The Labute approximate surface area is 101 Å². The average molecular weight is 234 g/mol. The molecular weight excluding hydrogens is 216 g/mol. The zero-order valence-corrected chi connectivity index (χ0v) is 10.7. The van der Waals surface area contributed by atoms with Crippen LogP contribution in [0.1, 0.15) is 41.4 Å². The third-order valence-corrected chi connectivity index (χ3v) is 3.03. The Morgan fingerprint density at radius 1 is 1.41 bits per heavy atom. The van der Waals surface area contributed by atoms with Crippen LogP contribution in [0.4, 0.5) is 0 Å². The van der Waals surface area contributed by atoms with Crippen molar-refractivity contribution in [2.24, 2.45) is 0 Å². The molecule has 0 aliphatic heterocycles. The van der Waals surface area contributed by atoms with Crippen LogP contribution in [0.25, 0.3) is 0 Å². The number of rotatable bonds is 4. The van der Waals surface area contributed by atoms with Crippen LogP contribution in [-0.4, -0.2) is 15.1 Å². The third kappa shape index (κ3) is 2.39. The molecule has 0 bridgehead atoms. The van der Waals surface area contributed by atoms with Crippen molar-refractivity contribution < 1.29 is 4.52 Å². The van der Waals surface area contributed by atoms with E-state index in [1.54, 1.807) is 6.33 Å². The maximum Gasteiger partial charge on any atom is 0.138 e. The third-order valence-electron chi connectivity index (χ3n) is 3.03. The van der Waals surface area contributed by atoms with Crippen LogP contribution in [-0.2, 0) is 6.54 Å². The monoisotopic (exact) mass is 234 g/mol. The fraction of sp³-hybridized carbons (Fsp3) is 0.500. The molecule has 5 nitrogen and oxygen atoms in total. The number of nitrogens with one attached hydrogen (secondary N) is 2. The number of imidazole rings is 1. The van der Waals surface area contributed by atoms with E-state index in [2.05, 4.69) is 27.4 Å². The first-order chi connectivity index (χ1) is 8.09. The quantitative estimate of drug-likeness (QED) is 0.850. The second-order valence-corrected chi connectivity index (χ2v) is 4.31. The summed E-state index contributed by atoms with van der Waals surface area (Å²) >= 11 is 0. The van der Waals surface area contributed by atoms with Crippen LogP contribution in [0.5, 0.6) is 0 Å². The van der Waals surface area contributed by atoms with E-state index < -0.39 is 0 Å². The summed E-state index contributed by atoms with van der Waals surface area (Å²) in [5, 5.41) is 7.39. The molecule has 0 saturated carbocycles. The molecule has 5 heteroatoms. The molecule has 92 valence electrons. The van der Waals surface area contributed by atoms with Crippen molar-refractivity contribution in [3.63, 3.8) is 0 Å². The molecule has 0 saturated heterocycles. The van der Waals surface area contributed by atoms with Crippen LogP contribution in [0.3, 0.4) is 0 Å². The standard InChI is InChI=1S/C12H18N4O/c1-7-11(15-6-14-7)5-13-8(2)12-9(3)16-17-10(12)4/h6,8,13H,5H2,1-4H3,(H,14,15). The highest BCUT2D eigenvalue weighted by Gasteiger charge is 2.16. The zero-order valence-electron chi connectivity index (χ0n) is 10.7. The lowest BCUT2D eigenvalue weighted by Gasteiger charge is -2.12. The van der Waals surface area contributed by atoms with Gasteiger partial charge < -0.3 is 14.8 Å². The van der Waals surface area contributed by atoms with Gasteiger partial charge in [0.2, 0.25) is 0 Å². The molecule has 1 atom stereocenters. The molecule has 0 fully saturated rings. The maximum absolute atomic E-state index is 5.17. The van der Waals surface area contributed by atoms with Crippen LogP contribution in [0.2, 0.25) is 0 Å². The maximum atomic E-state index is 5.17. The van der Waals surface area contributed by atoms with E-state index in [-0.39, 0.29) is 6.04 Å². The summed E-state index contributed by atoms with van der Waals surface area (Å²) in [5.74, 6) is 0.876. The van der Waals surface area contributed by atoms with Crippen molar-refractivity contribution in [3.8, 4) is 0 Å². The molecule has 17 heavy (non-hydrogen) atoms. The second kappa shape index (κ2) is 4.71. The van der Waals surface area contributed by atoms with Gasteiger partial charge in [0.15, 0.2) is 0 Å². The zero-order chi connectivity index (χ0) is 12.4. The Bertz CT molecular complexity index is 481. The predicted molar refractivity (Wildman–Crippen MR) is 64.6 cm³/mol. The molecule has 0 aliphatic rings. The largest absolute Gasteiger partial charge is 0.361 e. The summed E-state index contributed by atoms with van der Waals surface area (Å²) in [7, 11) is 0. The predicted octanol–water partition coefficient (Wildman–Crippen LogP) is 2.17. The SMILES string of the molecule is Cc1noc(C)c1C(C)NCc1nc[nH]c1C. The molecule has 2 N–H and O–H groups in total. The molecule has 2 rings (SSSR count). The van der Waals surface area contributed by atoms with Gasteiger partial charge in [-0.05, 0) is 27.7 Å². The van der Waals surface area contributed by atoms with E-state index >= 15 is 0 Å². The van der Waals surface area contributed by atoms with Gasteiger partial charge in [-0.1, -0.05) is 5.16 Å². The Kier molecular flexibility index (Phi) is 3.28. The van der Waals surface area contributed by atoms with Gasteiger partial charge in [-0.2, -0.15) is 0 Å². The molecule has 0 amide bonds. The Morgan fingerprint density at radius 2 is 2.18 bits per heavy atom. The lowest BCUT2D eigenvalue weighted by atomic mass is 10.1. The van der Waals surface area contributed by atoms with E-state index in [4.69, 9.17) is 4.52 Å². The molecular formula is C12H18N4O. The van der Waals surface area contributed by atoms with Gasteiger partial charge in [0.05, 0.1) is 17.7 Å². The van der Waals surface area contributed by atoms with Gasteiger partial charge in [0, 0.05) is 23.8 Å². The number of nitrogens with zero attached hydrogens (tertiary/aromatic N) is 2. The first kappa shape index (κ1) is 11.9. The first-order valence-electron chi connectivity index (χ1n) is 5.74. The topological polar surface area (TPSA) is 66.7 Å². The van der Waals surface area contributed by atoms with Gasteiger partial charge >= 0.3 is 0 Å². The van der Waals surface area contributed by atoms with Gasteiger partial charge in [0.1, 0.15) is 5.76 Å². The molecule has 0 aromatic carbocycles. The van der Waals surface area contributed by atoms with Crippen LogP contribution in [0, 0.1) is 20.8 Å². The van der Waals surface area contributed by atoms with Crippen molar-refractivity contribution >= 4 is 0 Å². The van der Waals surface area contributed by atoms with Crippen molar-refractivity contribution in [2.45, 2.75) is 40.3 Å². The summed E-state index contributed by atoms with van der Waals surface area (Å²) in [6, 6.07) is 0.206. The summed E-state index contributed by atoms with van der Waals surface area (Å²) in [6.45, 7) is 8.76. The number of aromatic amines is 1. The molecule has 0 spiro atoms. The number of hydrogen-bond acceptors (Lipinski definition) is 4. The van der Waals surface area contributed by atoms with Crippen LogP contribution >= 0.6 is 0 Å². The number of aryl methyl sites for hydroxylation is 3. The highest BCUT2D eigenvalue weighted by molar-refractivity contribution is 5.24. The van der Waals surface area contributed by atoms with E-state index in [0.717, 1.165) is 35.0 Å². The summed E-state index contributed by atoms with van der Waals surface area (Å²) in [6.07, 6.45) is 1.72. The minimum Gasteiger partial charge on any atom is -0.361 e. The lowest BCUT2D eigenvalue weighted by molar-refractivity contribution is 0.390. The number of aromatic nitrogens is 3. The van der Waals surface area contributed by atoms with E-state index in [9.17, 15) is 0 Å². The summed E-state index contributed by atoms with van der Waals surface area (Å²) in [5.41, 5.74) is 4.23. The Morgan fingerprint density at radius 3 is 2.71 bits per heavy atom. The molecule has 2 aromatic heterocycles. The fourth-order valence-electron chi connectivity index (χ4n) is 2.03. The highest BCUT2D eigenvalue weighted by atomic mass is 16.5. The van der Waals surface area contributed by atoms with E-state index in [1.807, 2.05) is 20.8 Å². The van der Waals surface area contributed by atoms with Crippen LogP contribution in [0.15, 0.2) is 10.9 Å². The van der Waals surface area contributed by atoms with Gasteiger partial charge in [0.25, 0.3) is 0 Å². The second-order valence-electron chi connectivity index (χ2n) is 4.31. The average Bonchev–Trinajstić information content (AvgIpc) is 2.83. The molecule has 0 aliphatic carbocycles. The lowest BCUT2D eigenvalue weighted by Crippen LogP contribution is -2.19. The van der Waals surface area contributed by atoms with Crippen LogP contribution < -0.4 is 5.32 Å². The van der Waals surface area contributed by atoms with Gasteiger partial charge in [-0.25, -0.2) is 4.98 Å². The highest BCUT2D eigenvalue weighted by Crippen LogP contribution is 2.21. The van der Waals surface area contributed by atoms with E-state index in [0.29, 0.717) is 0 Å². The normalized spacial score (nSPS) is 12.9. The minimum atomic E-state index is 0.206. The van der Waals surface area contributed by atoms with Crippen molar-refractivity contribution in [1.29, 1.82) is 0 Å². The smallest absolute Gasteiger partial charge is 0.138 e. The number of H-pyrrole nitrogens is 1. The Hall–Kier alpha value is -1.62. The fourth-order valence-corrected chi connectivity index (χ4v) is 2.03. The Balaban J connectivity index is 2.03. The molecule has 2 aromatic rings. The number of hydrogen-bond donors (Lipinski definition) is 2. The summed E-state index contributed by atoms with van der Waals surface area (Å²) < 4.78 is 5.17. The first-order valence-corrected chi connectivity index (χ1v) is 5.74. The van der Waals surface area contributed by atoms with Crippen molar-refractivity contribution in [2.75, 3.05) is 0 Å². The van der Waals surface area contributed by atoms with E-state index in [1.165, 1.54) is 0 Å². The minimum absolute atomic E-state index is 0.206. The van der Waals surface area contributed by atoms with Crippen molar-refractivity contribution in [3.05, 3.63) is 34.7 Å².